The normalized spacial score (nSPS) is 53.3. The Morgan fingerprint density at radius 1 is 1.31 bits per heavy atom. The van der Waals surface area contributed by atoms with E-state index in [-0.39, 0.29) is 23.9 Å². The van der Waals surface area contributed by atoms with Gasteiger partial charge in [0, 0.05) is 0 Å². The number of carbonyl (C=O) groups is 1. The van der Waals surface area contributed by atoms with Crippen LogP contribution in [0.1, 0.15) is 19.3 Å². The van der Waals surface area contributed by atoms with Crippen LogP contribution in [0.25, 0.3) is 0 Å². The highest BCUT2D eigenvalue weighted by molar-refractivity contribution is 5.74. The van der Waals surface area contributed by atoms with Gasteiger partial charge in [0.25, 0.3) is 0 Å². The molecule has 3 fully saturated rings. The lowest BCUT2D eigenvalue weighted by Crippen LogP contribution is -2.41. The van der Waals surface area contributed by atoms with Crippen LogP contribution in [0.2, 0.25) is 0 Å². The van der Waals surface area contributed by atoms with E-state index in [2.05, 4.69) is 0 Å². The van der Waals surface area contributed by atoms with E-state index in [4.69, 9.17) is 4.74 Å². The summed E-state index contributed by atoms with van der Waals surface area (Å²) in [6.45, 7) is 0.597. The van der Waals surface area contributed by atoms with Gasteiger partial charge in [-0.15, -0.1) is 0 Å². The molecule has 3 nitrogen and oxygen atoms in total. The minimum atomic E-state index is -0.239. The van der Waals surface area contributed by atoms with Gasteiger partial charge in [0.1, 0.15) is 0 Å². The van der Waals surface area contributed by atoms with Gasteiger partial charge >= 0.3 is 5.97 Å². The Balaban J connectivity index is 1.91. The molecule has 3 heteroatoms. The molecule has 1 heterocycles. The summed E-state index contributed by atoms with van der Waals surface area (Å²) >= 11 is 0. The van der Waals surface area contributed by atoms with Gasteiger partial charge in [-0.05, 0) is 37.0 Å². The fourth-order valence-electron chi connectivity index (χ4n) is 3.59. The molecule has 2 saturated carbocycles. The number of aliphatic hydroxyl groups is 1. The van der Waals surface area contributed by atoms with Gasteiger partial charge in [-0.3, -0.25) is 4.79 Å². The topological polar surface area (TPSA) is 46.5 Å². The SMILES string of the molecule is O=C1OCCC2C3CC(O)C(C3)C12. The first-order valence-electron chi connectivity index (χ1n) is 5.12. The molecule has 13 heavy (non-hydrogen) atoms. The fraction of sp³-hybridized carbons (Fsp3) is 0.900. The summed E-state index contributed by atoms with van der Waals surface area (Å²) in [5, 5.41) is 9.67. The van der Waals surface area contributed by atoms with E-state index in [0.717, 1.165) is 19.3 Å². The van der Waals surface area contributed by atoms with Crippen molar-refractivity contribution in [1.29, 1.82) is 0 Å². The van der Waals surface area contributed by atoms with E-state index >= 15 is 0 Å². The Bertz CT molecular complexity index is 249. The Labute approximate surface area is 77.1 Å². The molecule has 1 aliphatic heterocycles. The lowest BCUT2D eigenvalue weighted by molar-refractivity contribution is -0.162. The molecule has 3 aliphatic rings. The highest BCUT2D eigenvalue weighted by atomic mass is 16.5. The largest absolute Gasteiger partial charge is 0.465 e. The van der Waals surface area contributed by atoms with Crippen molar-refractivity contribution in [3.05, 3.63) is 0 Å². The first kappa shape index (κ1) is 7.80. The van der Waals surface area contributed by atoms with Gasteiger partial charge in [-0.2, -0.15) is 0 Å². The van der Waals surface area contributed by atoms with E-state index in [9.17, 15) is 9.90 Å². The zero-order valence-corrected chi connectivity index (χ0v) is 7.48. The van der Waals surface area contributed by atoms with Crippen molar-refractivity contribution in [3.8, 4) is 0 Å². The average Bonchev–Trinajstić information content (AvgIpc) is 2.62. The maximum absolute atomic E-state index is 11.5. The van der Waals surface area contributed by atoms with Crippen LogP contribution < -0.4 is 0 Å². The number of cyclic esters (lactones) is 1. The quantitative estimate of drug-likeness (QED) is 0.557. The molecular weight excluding hydrogens is 168 g/mol. The summed E-state index contributed by atoms with van der Waals surface area (Å²) in [6.07, 6.45) is 2.74. The first-order chi connectivity index (χ1) is 6.27. The fourth-order valence-corrected chi connectivity index (χ4v) is 3.59. The second-order valence-corrected chi connectivity index (χ2v) is 4.61. The summed E-state index contributed by atoms with van der Waals surface area (Å²) in [6, 6.07) is 0. The third kappa shape index (κ3) is 0.909. The molecule has 2 aliphatic carbocycles. The summed E-state index contributed by atoms with van der Waals surface area (Å²) < 4.78 is 5.04. The molecule has 5 unspecified atom stereocenters. The van der Waals surface area contributed by atoms with Gasteiger partial charge in [0.15, 0.2) is 0 Å². The lowest BCUT2D eigenvalue weighted by Gasteiger charge is -2.35. The smallest absolute Gasteiger partial charge is 0.309 e. The molecule has 0 spiro atoms. The standard InChI is InChI=1S/C10H14O3/c11-8-4-5-3-7(8)9-6(5)1-2-13-10(9)12/h5-9,11H,1-4H2. The van der Waals surface area contributed by atoms with Crippen molar-refractivity contribution in [2.75, 3.05) is 6.61 Å². The molecule has 5 atom stereocenters. The molecule has 3 rings (SSSR count). The first-order valence-corrected chi connectivity index (χ1v) is 5.12. The van der Waals surface area contributed by atoms with Crippen LogP contribution in [-0.4, -0.2) is 23.8 Å². The summed E-state index contributed by atoms with van der Waals surface area (Å²) in [4.78, 5) is 11.5. The van der Waals surface area contributed by atoms with Crippen molar-refractivity contribution < 1.29 is 14.6 Å². The van der Waals surface area contributed by atoms with Gasteiger partial charge < -0.3 is 9.84 Å². The van der Waals surface area contributed by atoms with Crippen LogP contribution in [0.15, 0.2) is 0 Å². The average molecular weight is 182 g/mol. The minimum Gasteiger partial charge on any atom is -0.465 e. The Morgan fingerprint density at radius 2 is 2.15 bits per heavy atom. The number of esters is 1. The predicted molar refractivity (Wildman–Crippen MR) is 44.8 cm³/mol. The van der Waals surface area contributed by atoms with Crippen LogP contribution in [-0.2, 0) is 9.53 Å². The van der Waals surface area contributed by atoms with Crippen molar-refractivity contribution in [2.45, 2.75) is 25.4 Å². The van der Waals surface area contributed by atoms with Crippen LogP contribution in [0.4, 0.5) is 0 Å². The molecule has 1 N–H and O–H groups in total. The van der Waals surface area contributed by atoms with E-state index < -0.39 is 0 Å². The van der Waals surface area contributed by atoms with Gasteiger partial charge in [-0.25, -0.2) is 0 Å². The summed E-state index contributed by atoms with van der Waals surface area (Å²) in [7, 11) is 0. The van der Waals surface area contributed by atoms with Crippen LogP contribution in [0, 0.1) is 23.7 Å². The zero-order chi connectivity index (χ0) is 9.00. The second kappa shape index (κ2) is 2.47. The zero-order valence-electron chi connectivity index (χ0n) is 7.48. The molecule has 0 aromatic rings. The van der Waals surface area contributed by atoms with Crippen molar-refractivity contribution in [2.24, 2.45) is 23.7 Å². The number of fused-ring (bicyclic) bond motifs is 5. The number of rotatable bonds is 0. The highest BCUT2D eigenvalue weighted by Gasteiger charge is 2.56. The molecule has 0 amide bonds. The maximum atomic E-state index is 11.5. The van der Waals surface area contributed by atoms with E-state index in [1.807, 2.05) is 0 Å². The van der Waals surface area contributed by atoms with Gasteiger partial charge in [0.2, 0.25) is 0 Å². The number of ether oxygens (including phenoxy) is 1. The van der Waals surface area contributed by atoms with Crippen molar-refractivity contribution in [1.82, 2.24) is 0 Å². The number of carbonyl (C=O) groups excluding carboxylic acids is 1. The predicted octanol–water partition coefficient (Wildman–Crippen LogP) is 0.566. The van der Waals surface area contributed by atoms with E-state index in [1.165, 1.54) is 0 Å². The third-order valence-electron chi connectivity index (χ3n) is 4.11. The Hall–Kier alpha value is -0.570. The molecule has 0 radical (unpaired) electrons. The Morgan fingerprint density at radius 3 is 3.00 bits per heavy atom. The third-order valence-corrected chi connectivity index (χ3v) is 4.11. The van der Waals surface area contributed by atoms with Crippen LogP contribution >= 0.6 is 0 Å². The Kier molecular flexibility index (Phi) is 1.48. The molecule has 72 valence electrons. The number of aliphatic hydroxyl groups excluding tert-OH is 1. The highest BCUT2D eigenvalue weighted by Crippen LogP contribution is 2.55. The van der Waals surface area contributed by atoms with E-state index in [0.29, 0.717) is 18.4 Å². The lowest BCUT2D eigenvalue weighted by atomic mass is 9.75. The van der Waals surface area contributed by atoms with Gasteiger partial charge in [0.05, 0.1) is 18.6 Å². The van der Waals surface area contributed by atoms with Gasteiger partial charge in [-0.1, -0.05) is 0 Å². The monoisotopic (exact) mass is 182 g/mol. The molecule has 0 aromatic heterocycles. The van der Waals surface area contributed by atoms with Crippen LogP contribution in [0.3, 0.4) is 0 Å². The second-order valence-electron chi connectivity index (χ2n) is 4.61. The molecular formula is C10H14O3. The van der Waals surface area contributed by atoms with Crippen LogP contribution in [0.5, 0.6) is 0 Å². The van der Waals surface area contributed by atoms with Crippen molar-refractivity contribution in [3.63, 3.8) is 0 Å². The molecule has 2 bridgehead atoms. The van der Waals surface area contributed by atoms with Crippen molar-refractivity contribution >= 4 is 5.97 Å². The minimum absolute atomic E-state index is 0.0301. The summed E-state index contributed by atoms with van der Waals surface area (Å²) in [5.74, 6) is 1.31. The van der Waals surface area contributed by atoms with E-state index in [1.54, 1.807) is 0 Å². The maximum Gasteiger partial charge on any atom is 0.309 e. The summed E-state index contributed by atoms with van der Waals surface area (Å²) in [5.41, 5.74) is 0. The molecule has 1 saturated heterocycles. The number of hydrogen-bond donors (Lipinski definition) is 1. The number of hydrogen-bond acceptors (Lipinski definition) is 3. The molecule has 0 aromatic carbocycles.